The molecule has 5 heteroatoms. The third-order valence-electron chi connectivity index (χ3n) is 3.03. The number of rotatable bonds is 3. The second-order valence-electron chi connectivity index (χ2n) is 4.66. The van der Waals surface area contributed by atoms with Crippen LogP contribution in [0.3, 0.4) is 0 Å². The standard InChI is InChI=1S/C13H17ClFNO2/c1-9-5-16(7-11(8-17)18-9)6-10-3-2-4-12(15)13(10)14/h2-4,9,11,17H,5-8H2,1H3. The summed E-state index contributed by atoms with van der Waals surface area (Å²) in [5, 5.41) is 9.33. The Kier molecular flexibility index (Phi) is 4.56. The van der Waals surface area contributed by atoms with Gasteiger partial charge in [-0.1, -0.05) is 23.7 Å². The van der Waals surface area contributed by atoms with E-state index in [1.54, 1.807) is 6.07 Å². The van der Waals surface area contributed by atoms with Crippen LogP contribution in [0.2, 0.25) is 5.02 Å². The highest BCUT2D eigenvalue weighted by atomic mass is 35.5. The van der Waals surface area contributed by atoms with Gasteiger partial charge in [-0.15, -0.1) is 0 Å². The molecule has 1 saturated heterocycles. The van der Waals surface area contributed by atoms with E-state index in [0.29, 0.717) is 13.1 Å². The molecular formula is C13H17ClFNO2. The van der Waals surface area contributed by atoms with Crippen LogP contribution in [0.4, 0.5) is 4.39 Å². The Bertz CT molecular complexity index is 416. The van der Waals surface area contributed by atoms with Crippen LogP contribution in [0.5, 0.6) is 0 Å². The largest absolute Gasteiger partial charge is 0.394 e. The molecule has 0 spiro atoms. The lowest BCUT2D eigenvalue weighted by Gasteiger charge is -2.36. The van der Waals surface area contributed by atoms with E-state index in [2.05, 4.69) is 4.90 Å². The monoisotopic (exact) mass is 273 g/mol. The minimum Gasteiger partial charge on any atom is -0.394 e. The fraction of sp³-hybridized carbons (Fsp3) is 0.538. The van der Waals surface area contributed by atoms with E-state index in [-0.39, 0.29) is 23.8 Å². The van der Waals surface area contributed by atoms with E-state index in [1.165, 1.54) is 6.07 Å². The lowest BCUT2D eigenvalue weighted by molar-refractivity contribution is -0.0972. The summed E-state index contributed by atoms with van der Waals surface area (Å²) >= 11 is 5.94. The average molecular weight is 274 g/mol. The number of nitrogens with zero attached hydrogens (tertiary/aromatic N) is 1. The predicted octanol–water partition coefficient (Wildman–Crippen LogP) is 2.06. The highest BCUT2D eigenvalue weighted by molar-refractivity contribution is 6.31. The molecule has 1 heterocycles. The number of hydrogen-bond acceptors (Lipinski definition) is 3. The van der Waals surface area contributed by atoms with Crippen molar-refractivity contribution in [1.29, 1.82) is 0 Å². The van der Waals surface area contributed by atoms with Crippen LogP contribution < -0.4 is 0 Å². The molecule has 1 N–H and O–H groups in total. The van der Waals surface area contributed by atoms with Crippen LogP contribution in [0, 0.1) is 5.82 Å². The van der Waals surface area contributed by atoms with Gasteiger partial charge in [-0.3, -0.25) is 4.90 Å². The van der Waals surface area contributed by atoms with Gasteiger partial charge in [0.1, 0.15) is 5.82 Å². The Hall–Kier alpha value is -0.680. The molecule has 0 saturated carbocycles. The molecule has 1 aromatic carbocycles. The van der Waals surface area contributed by atoms with Crippen LogP contribution in [0.1, 0.15) is 12.5 Å². The normalized spacial score (nSPS) is 25.3. The zero-order valence-corrected chi connectivity index (χ0v) is 11.0. The van der Waals surface area contributed by atoms with Gasteiger partial charge in [-0.2, -0.15) is 0 Å². The van der Waals surface area contributed by atoms with Crippen molar-refractivity contribution in [2.75, 3.05) is 19.7 Å². The molecule has 1 aliphatic rings. The minimum absolute atomic E-state index is 0.00226. The van der Waals surface area contributed by atoms with Gasteiger partial charge in [0.2, 0.25) is 0 Å². The second kappa shape index (κ2) is 5.97. The van der Waals surface area contributed by atoms with Crippen molar-refractivity contribution in [2.24, 2.45) is 0 Å². The van der Waals surface area contributed by atoms with Gasteiger partial charge < -0.3 is 9.84 Å². The van der Waals surface area contributed by atoms with Crippen molar-refractivity contribution in [1.82, 2.24) is 4.90 Å². The van der Waals surface area contributed by atoms with Gasteiger partial charge >= 0.3 is 0 Å². The summed E-state index contributed by atoms with van der Waals surface area (Å²) in [6, 6.07) is 4.83. The van der Waals surface area contributed by atoms with E-state index in [4.69, 9.17) is 21.4 Å². The average Bonchev–Trinajstić information content (AvgIpc) is 2.34. The molecule has 100 valence electrons. The van der Waals surface area contributed by atoms with Crippen LogP contribution in [0.15, 0.2) is 18.2 Å². The number of aliphatic hydroxyl groups excluding tert-OH is 1. The minimum atomic E-state index is -0.394. The maximum atomic E-state index is 13.3. The summed E-state index contributed by atoms with van der Waals surface area (Å²) in [6.07, 6.45) is -0.121. The van der Waals surface area contributed by atoms with Crippen molar-refractivity contribution >= 4 is 11.6 Å². The van der Waals surface area contributed by atoms with Gasteiger partial charge in [-0.05, 0) is 18.6 Å². The summed E-state index contributed by atoms with van der Waals surface area (Å²) in [6.45, 7) is 3.91. The quantitative estimate of drug-likeness (QED) is 0.915. The van der Waals surface area contributed by atoms with Gasteiger partial charge in [0, 0.05) is 19.6 Å². The molecule has 2 atom stereocenters. The third-order valence-corrected chi connectivity index (χ3v) is 3.45. The molecule has 2 rings (SSSR count). The molecule has 0 aliphatic carbocycles. The van der Waals surface area contributed by atoms with E-state index in [9.17, 15) is 4.39 Å². The molecule has 0 aromatic heterocycles. The van der Waals surface area contributed by atoms with Crippen molar-refractivity contribution < 1.29 is 14.2 Å². The Balaban J connectivity index is 2.06. The summed E-state index contributed by atoms with van der Waals surface area (Å²) < 4.78 is 18.9. The summed E-state index contributed by atoms with van der Waals surface area (Å²) in [5.74, 6) is -0.394. The van der Waals surface area contributed by atoms with Gasteiger partial charge in [0.25, 0.3) is 0 Å². The summed E-state index contributed by atoms with van der Waals surface area (Å²) in [5.41, 5.74) is 0.766. The Labute approximate surface area is 111 Å². The Morgan fingerprint density at radius 2 is 2.28 bits per heavy atom. The lowest BCUT2D eigenvalue weighted by atomic mass is 10.1. The molecule has 0 amide bonds. The SMILES string of the molecule is CC1CN(Cc2cccc(F)c2Cl)CC(CO)O1. The number of halogens is 2. The Morgan fingerprint density at radius 1 is 1.50 bits per heavy atom. The van der Waals surface area contributed by atoms with Crippen LogP contribution in [0.25, 0.3) is 0 Å². The number of aliphatic hydroxyl groups is 1. The first kappa shape index (κ1) is 13.7. The first-order chi connectivity index (χ1) is 8.60. The topological polar surface area (TPSA) is 32.7 Å². The zero-order valence-electron chi connectivity index (χ0n) is 10.3. The van der Waals surface area contributed by atoms with Crippen molar-refractivity contribution in [2.45, 2.75) is 25.7 Å². The van der Waals surface area contributed by atoms with E-state index in [0.717, 1.165) is 12.1 Å². The molecule has 2 unspecified atom stereocenters. The fourth-order valence-corrected chi connectivity index (χ4v) is 2.47. The first-order valence-corrected chi connectivity index (χ1v) is 6.39. The molecule has 18 heavy (non-hydrogen) atoms. The fourth-order valence-electron chi connectivity index (χ4n) is 2.28. The maximum Gasteiger partial charge on any atom is 0.142 e. The zero-order chi connectivity index (χ0) is 13.1. The number of morpholine rings is 1. The van der Waals surface area contributed by atoms with Crippen LogP contribution in [-0.4, -0.2) is 41.9 Å². The number of benzene rings is 1. The van der Waals surface area contributed by atoms with E-state index >= 15 is 0 Å². The molecule has 1 fully saturated rings. The molecule has 0 radical (unpaired) electrons. The molecule has 1 aromatic rings. The van der Waals surface area contributed by atoms with Gasteiger partial charge in [-0.25, -0.2) is 4.39 Å². The molecule has 3 nitrogen and oxygen atoms in total. The second-order valence-corrected chi connectivity index (χ2v) is 5.04. The van der Waals surface area contributed by atoms with Gasteiger partial charge in [0.05, 0.1) is 23.8 Å². The highest BCUT2D eigenvalue weighted by Gasteiger charge is 2.25. The third kappa shape index (κ3) is 3.20. The van der Waals surface area contributed by atoms with Crippen LogP contribution >= 0.6 is 11.6 Å². The van der Waals surface area contributed by atoms with E-state index < -0.39 is 5.82 Å². The highest BCUT2D eigenvalue weighted by Crippen LogP contribution is 2.22. The number of ether oxygens (including phenoxy) is 1. The molecular weight excluding hydrogens is 257 g/mol. The van der Waals surface area contributed by atoms with Crippen LogP contribution in [-0.2, 0) is 11.3 Å². The van der Waals surface area contributed by atoms with Crippen molar-refractivity contribution in [3.63, 3.8) is 0 Å². The van der Waals surface area contributed by atoms with Crippen molar-refractivity contribution in [3.05, 3.63) is 34.6 Å². The summed E-state index contributed by atoms with van der Waals surface area (Å²) in [4.78, 5) is 2.12. The maximum absolute atomic E-state index is 13.3. The van der Waals surface area contributed by atoms with E-state index in [1.807, 2.05) is 13.0 Å². The lowest BCUT2D eigenvalue weighted by Crippen LogP contribution is -2.47. The predicted molar refractivity (Wildman–Crippen MR) is 68.1 cm³/mol. The van der Waals surface area contributed by atoms with Crippen molar-refractivity contribution in [3.8, 4) is 0 Å². The molecule has 1 aliphatic heterocycles. The Morgan fingerprint density at radius 3 is 3.00 bits per heavy atom. The first-order valence-electron chi connectivity index (χ1n) is 6.01. The smallest absolute Gasteiger partial charge is 0.142 e. The summed E-state index contributed by atoms with van der Waals surface area (Å²) in [7, 11) is 0. The molecule has 0 bridgehead atoms. The number of hydrogen-bond donors (Lipinski definition) is 1. The van der Waals surface area contributed by atoms with Gasteiger partial charge in [0.15, 0.2) is 0 Å².